The summed E-state index contributed by atoms with van der Waals surface area (Å²) in [5.41, 5.74) is 1.40. The average Bonchev–Trinajstić information content (AvgIpc) is 2.53. The second kappa shape index (κ2) is 5.98. The Morgan fingerprint density at radius 1 is 1.53 bits per heavy atom. The third kappa shape index (κ3) is 3.79. The largest absolute Gasteiger partial charge is 0.390 e. The molecule has 0 fully saturated rings. The Bertz CT molecular complexity index is 374. The molecule has 4 nitrogen and oxygen atoms in total. The van der Waals surface area contributed by atoms with Gasteiger partial charge in [-0.05, 0) is 49.3 Å². The van der Waals surface area contributed by atoms with Crippen LogP contribution in [0.15, 0.2) is 4.47 Å². The molecule has 0 aromatic carbocycles. The van der Waals surface area contributed by atoms with Gasteiger partial charge < -0.3 is 10.4 Å². The molecule has 0 aliphatic heterocycles. The van der Waals surface area contributed by atoms with E-state index in [4.69, 9.17) is 0 Å². The zero-order chi connectivity index (χ0) is 13.1. The number of nitrogens with zero attached hydrogens (tertiary/aromatic N) is 2. The van der Waals surface area contributed by atoms with Gasteiger partial charge >= 0.3 is 0 Å². The maximum Gasteiger partial charge on any atom is 0.0766 e. The van der Waals surface area contributed by atoms with Crippen molar-refractivity contribution >= 4 is 15.9 Å². The van der Waals surface area contributed by atoms with E-state index in [9.17, 15) is 5.11 Å². The lowest BCUT2D eigenvalue weighted by Crippen LogP contribution is -2.32. The first kappa shape index (κ1) is 14.7. The second-order valence-corrected chi connectivity index (χ2v) is 5.50. The smallest absolute Gasteiger partial charge is 0.0766 e. The molecule has 0 aliphatic rings. The first-order valence-electron chi connectivity index (χ1n) is 5.98. The van der Waals surface area contributed by atoms with E-state index >= 15 is 0 Å². The normalized spacial score (nSPS) is 14.9. The summed E-state index contributed by atoms with van der Waals surface area (Å²) in [7, 11) is 3.82. The van der Waals surface area contributed by atoms with Crippen LogP contribution in [-0.4, -0.2) is 34.1 Å². The summed E-state index contributed by atoms with van der Waals surface area (Å²) in [5.74, 6) is 0. The fourth-order valence-electron chi connectivity index (χ4n) is 1.86. The molecule has 1 atom stereocenters. The highest BCUT2D eigenvalue weighted by molar-refractivity contribution is 9.10. The maximum atomic E-state index is 10.3. The number of rotatable bonds is 6. The molecular weight excluding hydrogens is 282 g/mol. The van der Waals surface area contributed by atoms with Crippen LogP contribution in [0.25, 0.3) is 0 Å². The highest BCUT2D eigenvalue weighted by atomic mass is 79.9. The topological polar surface area (TPSA) is 50.1 Å². The monoisotopic (exact) mass is 303 g/mol. The van der Waals surface area contributed by atoms with Crippen LogP contribution in [0.2, 0.25) is 0 Å². The molecule has 1 rings (SSSR count). The van der Waals surface area contributed by atoms with Gasteiger partial charge in [-0.15, -0.1) is 0 Å². The Labute approximate surface area is 112 Å². The lowest BCUT2D eigenvalue weighted by molar-refractivity contribution is 0.0500. The predicted octanol–water partition coefficient (Wildman–Crippen LogP) is 1.65. The maximum absolute atomic E-state index is 10.3. The lowest BCUT2D eigenvalue weighted by atomic mass is 9.96. The van der Waals surface area contributed by atoms with E-state index in [1.54, 1.807) is 0 Å². The Morgan fingerprint density at radius 3 is 2.65 bits per heavy atom. The highest BCUT2D eigenvalue weighted by Gasteiger charge is 2.24. The molecule has 98 valence electrons. The molecule has 0 saturated carbocycles. The number of aliphatic hydroxyl groups is 1. The van der Waals surface area contributed by atoms with Gasteiger partial charge in [0.15, 0.2) is 0 Å². The predicted molar refractivity (Wildman–Crippen MR) is 73.2 cm³/mol. The molecule has 1 heterocycles. The number of aromatic nitrogens is 2. The van der Waals surface area contributed by atoms with Crippen LogP contribution in [0.3, 0.4) is 0 Å². The fraction of sp³-hybridized carbons (Fsp3) is 0.750. The lowest BCUT2D eigenvalue weighted by Gasteiger charge is -2.23. The van der Waals surface area contributed by atoms with E-state index in [-0.39, 0.29) is 0 Å². The van der Waals surface area contributed by atoms with Crippen LogP contribution in [0.5, 0.6) is 0 Å². The van der Waals surface area contributed by atoms with Crippen molar-refractivity contribution in [2.45, 2.75) is 38.7 Å². The molecule has 2 N–H and O–H groups in total. The van der Waals surface area contributed by atoms with Crippen molar-refractivity contribution < 1.29 is 5.11 Å². The molecule has 17 heavy (non-hydrogen) atoms. The number of hydrogen-bond donors (Lipinski definition) is 2. The summed E-state index contributed by atoms with van der Waals surface area (Å²) in [6, 6.07) is 0. The summed E-state index contributed by atoms with van der Waals surface area (Å²) >= 11 is 3.57. The molecule has 0 saturated heterocycles. The van der Waals surface area contributed by atoms with E-state index in [2.05, 4.69) is 33.3 Å². The molecule has 0 radical (unpaired) electrons. The van der Waals surface area contributed by atoms with Gasteiger partial charge in [-0.3, -0.25) is 4.68 Å². The summed E-state index contributed by atoms with van der Waals surface area (Å²) in [6.07, 6.45) is 2.23. The van der Waals surface area contributed by atoms with Crippen LogP contribution >= 0.6 is 15.9 Å². The van der Waals surface area contributed by atoms with E-state index < -0.39 is 5.60 Å². The molecule has 1 unspecified atom stereocenters. The number of hydrogen-bond acceptors (Lipinski definition) is 3. The standard InChI is InChI=1S/C12H22BrN3O/c1-5-9-11(13)10(16(4)15-9)8-12(2,17)6-7-14-3/h14,17H,5-8H2,1-4H3. The number of nitrogens with one attached hydrogen (secondary N) is 1. The van der Waals surface area contributed by atoms with Crippen molar-refractivity contribution in [3.8, 4) is 0 Å². The summed E-state index contributed by atoms with van der Waals surface area (Å²) in [5, 5.41) is 17.8. The zero-order valence-electron chi connectivity index (χ0n) is 11.0. The van der Waals surface area contributed by atoms with Crippen molar-refractivity contribution in [2.24, 2.45) is 7.05 Å². The first-order valence-corrected chi connectivity index (χ1v) is 6.77. The van der Waals surface area contributed by atoms with Crippen molar-refractivity contribution in [1.82, 2.24) is 15.1 Å². The third-order valence-electron chi connectivity index (χ3n) is 2.96. The van der Waals surface area contributed by atoms with E-state index in [0.717, 1.165) is 35.2 Å². The molecule has 0 bridgehead atoms. The van der Waals surface area contributed by atoms with Crippen LogP contribution in [0.4, 0.5) is 0 Å². The molecule has 0 aliphatic carbocycles. The zero-order valence-corrected chi connectivity index (χ0v) is 12.6. The first-order chi connectivity index (χ1) is 7.91. The Kier molecular flexibility index (Phi) is 5.16. The van der Waals surface area contributed by atoms with Crippen molar-refractivity contribution in [1.29, 1.82) is 0 Å². The molecule has 1 aromatic rings. The van der Waals surface area contributed by atoms with E-state index in [0.29, 0.717) is 6.42 Å². The number of halogens is 1. The van der Waals surface area contributed by atoms with Crippen LogP contribution in [-0.2, 0) is 19.9 Å². The molecular formula is C12H22BrN3O. The molecule has 0 amide bonds. The van der Waals surface area contributed by atoms with Crippen molar-refractivity contribution in [3.63, 3.8) is 0 Å². The quantitative estimate of drug-likeness (QED) is 0.840. The van der Waals surface area contributed by atoms with Crippen molar-refractivity contribution in [3.05, 3.63) is 15.9 Å². The van der Waals surface area contributed by atoms with Gasteiger partial charge in [0.1, 0.15) is 0 Å². The highest BCUT2D eigenvalue weighted by Crippen LogP contribution is 2.26. The molecule has 5 heteroatoms. The summed E-state index contributed by atoms with van der Waals surface area (Å²) in [4.78, 5) is 0. The van der Waals surface area contributed by atoms with Crippen LogP contribution in [0, 0.1) is 0 Å². The number of aryl methyl sites for hydroxylation is 2. The van der Waals surface area contributed by atoms with Gasteiger partial charge in [-0.2, -0.15) is 5.10 Å². The van der Waals surface area contributed by atoms with Gasteiger partial charge in [0.2, 0.25) is 0 Å². The summed E-state index contributed by atoms with van der Waals surface area (Å²) in [6.45, 7) is 4.76. The van der Waals surface area contributed by atoms with Crippen molar-refractivity contribution in [2.75, 3.05) is 13.6 Å². The molecule has 0 spiro atoms. The minimum atomic E-state index is -0.704. The van der Waals surface area contributed by atoms with Gasteiger partial charge in [-0.1, -0.05) is 6.92 Å². The minimum absolute atomic E-state index is 0.610. The van der Waals surface area contributed by atoms with Gasteiger partial charge in [0.25, 0.3) is 0 Å². The van der Waals surface area contributed by atoms with E-state index in [1.165, 1.54) is 0 Å². The summed E-state index contributed by atoms with van der Waals surface area (Å²) < 4.78 is 2.89. The average molecular weight is 304 g/mol. The van der Waals surface area contributed by atoms with Gasteiger partial charge in [-0.25, -0.2) is 0 Å². The Morgan fingerprint density at radius 2 is 2.18 bits per heavy atom. The fourth-order valence-corrected chi connectivity index (χ4v) is 2.61. The Hall–Kier alpha value is -0.390. The third-order valence-corrected chi connectivity index (χ3v) is 3.88. The molecule has 1 aromatic heterocycles. The van der Waals surface area contributed by atoms with Crippen LogP contribution in [0.1, 0.15) is 31.7 Å². The van der Waals surface area contributed by atoms with Gasteiger partial charge in [0, 0.05) is 13.5 Å². The Balaban J connectivity index is 2.83. The van der Waals surface area contributed by atoms with E-state index in [1.807, 2.05) is 25.7 Å². The SMILES string of the molecule is CCc1nn(C)c(CC(C)(O)CCNC)c1Br. The minimum Gasteiger partial charge on any atom is -0.390 e. The van der Waals surface area contributed by atoms with Crippen LogP contribution < -0.4 is 5.32 Å². The second-order valence-electron chi connectivity index (χ2n) is 4.71. The van der Waals surface area contributed by atoms with Gasteiger partial charge in [0.05, 0.1) is 21.5 Å².